The number of rotatable bonds is 2. The summed E-state index contributed by atoms with van der Waals surface area (Å²) in [6.45, 7) is 3.76. The minimum Gasteiger partial charge on any atom is -0.441 e. The third-order valence-corrected chi connectivity index (χ3v) is 4.62. The summed E-state index contributed by atoms with van der Waals surface area (Å²) in [6.07, 6.45) is 0. The van der Waals surface area contributed by atoms with E-state index in [0.29, 0.717) is 43.2 Å². The van der Waals surface area contributed by atoms with Crippen LogP contribution in [0.4, 0.5) is 10.5 Å². The molecule has 1 fully saturated rings. The third-order valence-electron chi connectivity index (χ3n) is 4.62. The van der Waals surface area contributed by atoms with Crippen molar-refractivity contribution in [2.24, 2.45) is 0 Å². The van der Waals surface area contributed by atoms with Gasteiger partial charge in [0.2, 0.25) is 0 Å². The summed E-state index contributed by atoms with van der Waals surface area (Å²) in [7, 11) is 0. The molecular weight excluding hydrogens is 344 g/mol. The number of benzene rings is 2. The van der Waals surface area contributed by atoms with Gasteiger partial charge >= 0.3 is 6.03 Å². The van der Waals surface area contributed by atoms with E-state index in [9.17, 15) is 9.59 Å². The number of nitrogens with one attached hydrogen (secondary N) is 1. The molecule has 2 aromatic carbocycles. The lowest BCUT2D eigenvalue weighted by Crippen LogP contribution is -2.51. The second-order valence-electron chi connectivity index (χ2n) is 6.49. The molecule has 1 N–H and O–H groups in total. The van der Waals surface area contributed by atoms with Crippen molar-refractivity contribution in [3.05, 3.63) is 60.0 Å². The number of hydrogen-bond acceptors (Lipinski definition) is 4. The average Bonchev–Trinajstić information content (AvgIpc) is 3.07. The molecule has 0 saturated carbocycles. The maximum absolute atomic E-state index is 12.8. The van der Waals surface area contributed by atoms with Crippen LogP contribution in [0.5, 0.6) is 0 Å². The molecule has 4 rings (SSSR count). The van der Waals surface area contributed by atoms with Crippen LogP contribution in [0, 0.1) is 6.92 Å². The smallest absolute Gasteiger partial charge is 0.321 e. The first kappa shape index (κ1) is 17.1. The molecule has 0 unspecified atom stereocenters. The van der Waals surface area contributed by atoms with Crippen LogP contribution >= 0.6 is 0 Å². The van der Waals surface area contributed by atoms with E-state index in [1.807, 2.05) is 30.3 Å². The topological polar surface area (TPSA) is 78.7 Å². The van der Waals surface area contributed by atoms with Crippen LogP contribution in [0.2, 0.25) is 0 Å². The molecule has 0 atom stereocenters. The molecule has 3 amide bonds. The Hall–Kier alpha value is -3.35. The van der Waals surface area contributed by atoms with E-state index in [-0.39, 0.29) is 11.9 Å². The molecule has 1 aromatic heterocycles. The van der Waals surface area contributed by atoms with Gasteiger partial charge in [0.25, 0.3) is 5.91 Å². The van der Waals surface area contributed by atoms with Crippen LogP contribution in [-0.4, -0.2) is 52.9 Å². The van der Waals surface area contributed by atoms with Crippen LogP contribution in [0.3, 0.4) is 0 Å². The lowest BCUT2D eigenvalue weighted by atomic mass is 10.1. The quantitative estimate of drug-likeness (QED) is 0.758. The number of aromatic nitrogens is 1. The van der Waals surface area contributed by atoms with Crippen molar-refractivity contribution in [2.75, 3.05) is 31.5 Å². The SMILES string of the molecule is Cc1nc2ccc(C(=O)N3CCN(C(=O)Nc4ccccc4)CC3)cc2o1. The van der Waals surface area contributed by atoms with Crippen LogP contribution < -0.4 is 5.32 Å². The van der Waals surface area contributed by atoms with Crippen molar-refractivity contribution >= 4 is 28.7 Å². The van der Waals surface area contributed by atoms with E-state index in [0.717, 1.165) is 11.2 Å². The Labute approximate surface area is 156 Å². The van der Waals surface area contributed by atoms with Gasteiger partial charge in [0, 0.05) is 44.4 Å². The predicted octanol–water partition coefficient (Wildman–Crippen LogP) is 3.13. The molecule has 0 spiro atoms. The first-order valence-corrected chi connectivity index (χ1v) is 8.87. The number of carbonyl (C=O) groups excluding carboxylic acids is 2. The normalized spacial score (nSPS) is 14.4. The third kappa shape index (κ3) is 3.62. The number of piperazine rings is 1. The zero-order valence-electron chi connectivity index (χ0n) is 15.0. The number of anilines is 1. The fraction of sp³-hybridized carbons (Fsp3) is 0.250. The van der Waals surface area contributed by atoms with E-state index in [4.69, 9.17) is 4.42 Å². The van der Waals surface area contributed by atoms with Crippen molar-refractivity contribution in [3.63, 3.8) is 0 Å². The highest BCUT2D eigenvalue weighted by molar-refractivity contribution is 5.97. The van der Waals surface area contributed by atoms with Crippen molar-refractivity contribution < 1.29 is 14.0 Å². The van der Waals surface area contributed by atoms with E-state index in [1.54, 1.807) is 34.9 Å². The largest absolute Gasteiger partial charge is 0.441 e. The van der Waals surface area contributed by atoms with E-state index >= 15 is 0 Å². The number of carbonyl (C=O) groups is 2. The van der Waals surface area contributed by atoms with Gasteiger partial charge in [0.05, 0.1) is 0 Å². The summed E-state index contributed by atoms with van der Waals surface area (Å²) in [5.74, 6) is 0.515. The van der Waals surface area contributed by atoms with Gasteiger partial charge in [-0.25, -0.2) is 9.78 Å². The first-order valence-electron chi connectivity index (χ1n) is 8.87. The van der Waals surface area contributed by atoms with Crippen LogP contribution in [0.25, 0.3) is 11.1 Å². The number of hydrogen-bond donors (Lipinski definition) is 1. The molecule has 7 heteroatoms. The molecule has 0 aliphatic carbocycles. The zero-order chi connectivity index (χ0) is 18.8. The molecule has 0 bridgehead atoms. The van der Waals surface area contributed by atoms with Crippen molar-refractivity contribution in [1.82, 2.24) is 14.8 Å². The summed E-state index contributed by atoms with van der Waals surface area (Å²) in [4.78, 5) is 32.8. The summed E-state index contributed by atoms with van der Waals surface area (Å²) < 4.78 is 5.51. The van der Waals surface area contributed by atoms with E-state index < -0.39 is 0 Å². The highest BCUT2D eigenvalue weighted by Crippen LogP contribution is 2.19. The number of fused-ring (bicyclic) bond motifs is 1. The second-order valence-corrected chi connectivity index (χ2v) is 6.49. The number of oxazole rings is 1. The predicted molar refractivity (Wildman–Crippen MR) is 102 cm³/mol. The molecule has 3 aromatic rings. The summed E-state index contributed by atoms with van der Waals surface area (Å²) in [5.41, 5.74) is 2.68. The van der Waals surface area contributed by atoms with Gasteiger partial charge in [-0.05, 0) is 30.3 Å². The van der Waals surface area contributed by atoms with Crippen molar-refractivity contribution in [2.45, 2.75) is 6.92 Å². The maximum atomic E-state index is 12.8. The number of para-hydroxylation sites is 1. The van der Waals surface area contributed by atoms with Crippen LogP contribution in [0.15, 0.2) is 52.9 Å². The lowest BCUT2D eigenvalue weighted by Gasteiger charge is -2.34. The molecule has 0 radical (unpaired) electrons. The minimum atomic E-state index is -0.146. The molecule has 1 aliphatic heterocycles. The Morgan fingerprint density at radius 3 is 2.44 bits per heavy atom. The van der Waals surface area contributed by atoms with Gasteiger partial charge in [-0.2, -0.15) is 0 Å². The van der Waals surface area contributed by atoms with Gasteiger partial charge < -0.3 is 19.5 Å². The summed E-state index contributed by atoms with van der Waals surface area (Å²) in [6, 6.07) is 14.5. The van der Waals surface area contributed by atoms with Crippen LogP contribution in [-0.2, 0) is 0 Å². The van der Waals surface area contributed by atoms with Gasteiger partial charge in [-0.15, -0.1) is 0 Å². The highest BCUT2D eigenvalue weighted by Gasteiger charge is 2.25. The lowest BCUT2D eigenvalue weighted by molar-refractivity contribution is 0.0671. The fourth-order valence-corrected chi connectivity index (χ4v) is 3.19. The van der Waals surface area contributed by atoms with E-state index in [1.165, 1.54) is 0 Å². The Morgan fingerprint density at radius 2 is 1.70 bits per heavy atom. The number of urea groups is 1. The Morgan fingerprint density at radius 1 is 1.00 bits per heavy atom. The van der Waals surface area contributed by atoms with Gasteiger partial charge in [-0.1, -0.05) is 18.2 Å². The van der Waals surface area contributed by atoms with Gasteiger partial charge in [0.15, 0.2) is 11.5 Å². The fourth-order valence-electron chi connectivity index (χ4n) is 3.19. The summed E-state index contributed by atoms with van der Waals surface area (Å²) in [5, 5.41) is 2.87. The Kier molecular flexibility index (Phi) is 4.50. The molecule has 1 saturated heterocycles. The molecule has 2 heterocycles. The average molecular weight is 364 g/mol. The van der Waals surface area contributed by atoms with E-state index in [2.05, 4.69) is 10.3 Å². The molecule has 27 heavy (non-hydrogen) atoms. The first-order chi connectivity index (χ1) is 13.1. The Balaban J connectivity index is 1.37. The van der Waals surface area contributed by atoms with Crippen molar-refractivity contribution in [3.8, 4) is 0 Å². The summed E-state index contributed by atoms with van der Waals surface area (Å²) >= 11 is 0. The minimum absolute atomic E-state index is 0.0610. The number of amides is 3. The van der Waals surface area contributed by atoms with Crippen LogP contribution in [0.1, 0.15) is 16.2 Å². The standard InChI is InChI=1S/C20H20N4O3/c1-14-21-17-8-7-15(13-18(17)27-14)19(25)23-9-11-24(12-10-23)20(26)22-16-5-3-2-4-6-16/h2-8,13H,9-12H2,1H3,(H,22,26). The molecule has 138 valence electrons. The molecular formula is C20H20N4O3. The van der Waals surface area contributed by atoms with Gasteiger partial charge in [-0.3, -0.25) is 4.79 Å². The number of aryl methyl sites for hydroxylation is 1. The number of nitrogens with zero attached hydrogens (tertiary/aromatic N) is 3. The Bertz CT molecular complexity index is 975. The van der Waals surface area contributed by atoms with Gasteiger partial charge in [0.1, 0.15) is 5.52 Å². The van der Waals surface area contributed by atoms with Crippen molar-refractivity contribution in [1.29, 1.82) is 0 Å². The second kappa shape index (κ2) is 7.11. The maximum Gasteiger partial charge on any atom is 0.321 e. The molecule has 7 nitrogen and oxygen atoms in total. The molecule has 1 aliphatic rings. The highest BCUT2D eigenvalue weighted by atomic mass is 16.3. The monoisotopic (exact) mass is 364 g/mol. The zero-order valence-corrected chi connectivity index (χ0v) is 15.0.